The molecule has 0 radical (unpaired) electrons. The van der Waals surface area contributed by atoms with E-state index in [1.807, 2.05) is 18.5 Å². The highest BCUT2D eigenvalue weighted by Gasteiger charge is 2.13. The van der Waals surface area contributed by atoms with E-state index in [4.69, 9.17) is 17.3 Å². The quantitative estimate of drug-likeness (QED) is 0.688. The molecule has 0 unspecified atom stereocenters. The molecule has 0 aliphatic rings. The molecule has 1 heterocycles. The number of rotatable bonds is 4. The summed E-state index contributed by atoms with van der Waals surface area (Å²) >= 11 is 7.74. The molecule has 0 aliphatic heterocycles. The lowest BCUT2D eigenvalue weighted by Crippen LogP contribution is -2.01. The van der Waals surface area contributed by atoms with E-state index < -0.39 is 5.82 Å². The van der Waals surface area contributed by atoms with Crippen LogP contribution in [0.4, 0.5) is 10.1 Å². The van der Waals surface area contributed by atoms with Crippen molar-refractivity contribution in [3.05, 3.63) is 40.4 Å². The predicted molar refractivity (Wildman–Crippen MR) is 78.0 cm³/mol. The molecular formula is C13H15ClFN3S. The van der Waals surface area contributed by atoms with E-state index in [0.29, 0.717) is 10.8 Å². The molecule has 2 N–H and O–H groups in total. The van der Waals surface area contributed by atoms with E-state index in [1.54, 1.807) is 12.1 Å². The van der Waals surface area contributed by atoms with Crippen LogP contribution in [0.3, 0.4) is 0 Å². The van der Waals surface area contributed by atoms with Gasteiger partial charge in [0.25, 0.3) is 0 Å². The summed E-state index contributed by atoms with van der Waals surface area (Å²) < 4.78 is 15.2. The number of nitrogens with zero attached hydrogens (tertiary/aromatic N) is 2. The predicted octanol–water partition coefficient (Wildman–Crippen LogP) is 3.88. The van der Waals surface area contributed by atoms with Gasteiger partial charge >= 0.3 is 0 Å². The molecule has 0 amide bonds. The Bertz CT molecular complexity index is 598. The lowest BCUT2D eigenvalue weighted by atomic mass is 10.3. The Morgan fingerprint density at radius 1 is 1.47 bits per heavy atom. The SMILES string of the molecule is CCn1nc(C)c(Cl)c1CSc1ccc(N)c(F)c1. The molecule has 19 heavy (non-hydrogen) atoms. The summed E-state index contributed by atoms with van der Waals surface area (Å²) in [6.07, 6.45) is 0. The molecule has 1 aromatic carbocycles. The Morgan fingerprint density at radius 3 is 2.84 bits per heavy atom. The minimum atomic E-state index is -0.392. The molecule has 0 spiro atoms. The summed E-state index contributed by atoms with van der Waals surface area (Å²) in [6, 6.07) is 4.81. The maximum atomic E-state index is 13.4. The maximum Gasteiger partial charge on any atom is 0.147 e. The van der Waals surface area contributed by atoms with Gasteiger partial charge in [-0.1, -0.05) is 11.6 Å². The van der Waals surface area contributed by atoms with E-state index in [0.717, 1.165) is 22.8 Å². The smallest absolute Gasteiger partial charge is 0.147 e. The second-order valence-corrected chi connectivity index (χ2v) is 5.56. The van der Waals surface area contributed by atoms with Crippen LogP contribution in [0.1, 0.15) is 18.3 Å². The van der Waals surface area contributed by atoms with Crippen LogP contribution in [0.5, 0.6) is 0 Å². The molecule has 2 rings (SSSR count). The number of aryl methyl sites for hydroxylation is 2. The number of hydrogen-bond acceptors (Lipinski definition) is 3. The zero-order valence-corrected chi connectivity index (χ0v) is 12.4. The van der Waals surface area contributed by atoms with Crippen molar-refractivity contribution in [2.24, 2.45) is 0 Å². The molecule has 0 saturated heterocycles. The van der Waals surface area contributed by atoms with Crippen LogP contribution in [-0.2, 0) is 12.3 Å². The van der Waals surface area contributed by atoms with E-state index in [2.05, 4.69) is 5.10 Å². The lowest BCUT2D eigenvalue weighted by Gasteiger charge is -2.06. The number of hydrogen-bond donors (Lipinski definition) is 1. The first-order valence-electron chi connectivity index (χ1n) is 5.92. The van der Waals surface area contributed by atoms with Gasteiger partial charge in [-0.05, 0) is 32.0 Å². The highest BCUT2D eigenvalue weighted by molar-refractivity contribution is 7.98. The van der Waals surface area contributed by atoms with Crippen molar-refractivity contribution in [2.75, 3.05) is 5.73 Å². The Kier molecular flexibility index (Phi) is 4.37. The van der Waals surface area contributed by atoms with Crippen LogP contribution in [-0.4, -0.2) is 9.78 Å². The van der Waals surface area contributed by atoms with Crippen LogP contribution in [0.25, 0.3) is 0 Å². The van der Waals surface area contributed by atoms with Gasteiger partial charge in [-0.15, -0.1) is 11.8 Å². The summed E-state index contributed by atoms with van der Waals surface area (Å²) in [4.78, 5) is 0.823. The normalized spacial score (nSPS) is 10.9. The monoisotopic (exact) mass is 299 g/mol. The number of benzene rings is 1. The molecule has 2 aromatic rings. The zero-order chi connectivity index (χ0) is 14.0. The van der Waals surface area contributed by atoms with Gasteiger partial charge in [0.15, 0.2) is 0 Å². The van der Waals surface area contributed by atoms with Gasteiger partial charge in [0, 0.05) is 17.2 Å². The second kappa shape index (κ2) is 5.84. The fourth-order valence-electron chi connectivity index (χ4n) is 1.76. The average Bonchev–Trinajstić information content (AvgIpc) is 2.67. The zero-order valence-electron chi connectivity index (χ0n) is 10.8. The molecule has 3 nitrogen and oxygen atoms in total. The Balaban J connectivity index is 2.16. The van der Waals surface area contributed by atoms with Crippen LogP contribution < -0.4 is 5.73 Å². The summed E-state index contributed by atoms with van der Waals surface area (Å²) in [7, 11) is 0. The van der Waals surface area contributed by atoms with Gasteiger partial charge in [0.05, 0.1) is 22.1 Å². The Morgan fingerprint density at radius 2 is 2.21 bits per heavy atom. The third kappa shape index (κ3) is 3.04. The van der Waals surface area contributed by atoms with E-state index in [-0.39, 0.29) is 5.69 Å². The third-order valence-corrected chi connectivity index (χ3v) is 4.30. The average molecular weight is 300 g/mol. The van der Waals surface area contributed by atoms with Crippen molar-refractivity contribution in [3.63, 3.8) is 0 Å². The van der Waals surface area contributed by atoms with Crippen molar-refractivity contribution >= 4 is 29.1 Å². The van der Waals surface area contributed by atoms with Gasteiger partial charge in [-0.3, -0.25) is 4.68 Å². The lowest BCUT2D eigenvalue weighted by molar-refractivity contribution is 0.628. The van der Waals surface area contributed by atoms with Gasteiger partial charge < -0.3 is 5.73 Å². The fraction of sp³-hybridized carbons (Fsp3) is 0.308. The Labute approximate surface area is 120 Å². The molecule has 0 bridgehead atoms. The van der Waals surface area contributed by atoms with Crippen LogP contribution in [0.15, 0.2) is 23.1 Å². The summed E-state index contributed by atoms with van der Waals surface area (Å²) in [5.74, 6) is 0.257. The fourth-order valence-corrected chi connectivity index (χ4v) is 2.99. The first-order chi connectivity index (χ1) is 9.02. The molecule has 0 aliphatic carbocycles. The number of thioether (sulfide) groups is 1. The van der Waals surface area contributed by atoms with E-state index >= 15 is 0 Å². The van der Waals surface area contributed by atoms with Crippen LogP contribution >= 0.6 is 23.4 Å². The number of halogens is 2. The minimum absolute atomic E-state index is 0.164. The highest BCUT2D eigenvalue weighted by Crippen LogP contribution is 2.29. The van der Waals surface area contributed by atoms with E-state index in [9.17, 15) is 4.39 Å². The summed E-state index contributed by atoms with van der Waals surface area (Å²) in [5, 5.41) is 5.04. The first-order valence-corrected chi connectivity index (χ1v) is 7.29. The molecule has 6 heteroatoms. The molecule has 0 fully saturated rings. The maximum absolute atomic E-state index is 13.4. The molecule has 0 saturated carbocycles. The van der Waals surface area contributed by atoms with Crippen LogP contribution in [0.2, 0.25) is 5.02 Å². The van der Waals surface area contributed by atoms with Gasteiger partial charge in [-0.2, -0.15) is 5.10 Å². The molecule has 1 aromatic heterocycles. The van der Waals surface area contributed by atoms with Crippen molar-refractivity contribution in [1.82, 2.24) is 9.78 Å². The summed E-state index contributed by atoms with van der Waals surface area (Å²) in [6.45, 7) is 4.66. The standard InChI is InChI=1S/C13H15ClFN3S/c1-3-18-12(13(14)8(2)17-18)7-19-9-4-5-11(16)10(15)6-9/h4-6H,3,7,16H2,1-2H3. The van der Waals surface area contributed by atoms with Crippen molar-refractivity contribution in [3.8, 4) is 0 Å². The van der Waals surface area contributed by atoms with Crippen LogP contribution in [0, 0.1) is 12.7 Å². The Hall–Kier alpha value is -1.20. The minimum Gasteiger partial charge on any atom is -0.396 e. The molecular weight excluding hydrogens is 285 g/mol. The highest BCUT2D eigenvalue weighted by atomic mass is 35.5. The number of nitrogen functional groups attached to an aromatic ring is 1. The topological polar surface area (TPSA) is 43.8 Å². The molecule has 102 valence electrons. The number of anilines is 1. The largest absolute Gasteiger partial charge is 0.396 e. The third-order valence-electron chi connectivity index (χ3n) is 2.80. The molecule has 0 atom stereocenters. The number of nitrogens with two attached hydrogens (primary N) is 1. The summed E-state index contributed by atoms with van der Waals surface area (Å²) in [5.41, 5.74) is 7.40. The first kappa shape index (κ1) is 14.2. The van der Waals surface area contributed by atoms with Crippen molar-refractivity contribution in [1.29, 1.82) is 0 Å². The van der Waals surface area contributed by atoms with Crippen molar-refractivity contribution in [2.45, 2.75) is 31.0 Å². The van der Waals surface area contributed by atoms with Gasteiger partial charge in [0.1, 0.15) is 5.82 Å². The van der Waals surface area contributed by atoms with E-state index in [1.165, 1.54) is 17.8 Å². The second-order valence-electron chi connectivity index (χ2n) is 4.13. The number of aromatic nitrogens is 2. The van der Waals surface area contributed by atoms with Gasteiger partial charge in [-0.25, -0.2) is 4.39 Å². The van der Waals surface area contributed by atoms with Gasteiger partial charge in [0.2, 0.25) is 0 Å². The van der Waals surface area contributed by atoms with Crippen molar-refractivity contribution < 1.29 is 4.39 Å².